The smallest absolute Gasteiger partial charge is 0.237 e. The molecule has 0 unspecified atom stereocenters. The van der Waals surface area contributed by atoms with Crippen LogP contribution in [0.2, 0.25) is 5.02 Å². The Morgan fingerprint density at radius 3 is 2.81 bits per heavy atom. The lowest BCUT2D eigenvalue weighted by Crippen LogP contribution is -2.00. The van der Waals surface area contributed by atoms with Crippen molar-refractivity contribution < 1.29 is 4.42 Å². The number of benzene rings is 1. The highest BCUT2D eigenvalue weighted by molar-refractivity contribution is 9.10. The van der Waals surface area contributed by atoms with E-state index < -0.39 is 0 Å². The van der Waals surface area contributed by atoms with Gasteiger partial charge in [0, 0.05) is 11.2 Å². The van der Waals surface area contributed by atoms with Crippen LogP contribution in [0.1, 0.15) is 23.0 Å². The Kier molecular flexibility index (Phi) is 4.07. The fourth-order valence-electron chi connectivity index (χ4n) is 1.96. The van der Waals surface area contributed by atoms with E-state index in [4.69, 9.17) is 16.0 Å². The molecule has 5 nitrogen and oxygen atoms in total. The normalized spacial score (nSPS) is 11.0. The van der Waals surface area contributed by atoms with Crippen molar-refractivity contribution in [3.8, 4) is 0 Å². The van der Waals surface area contributed by atoms with E-state index in [1.54, 1.807) is 4.68 Å². The molecule has 0 aliphatic heterocycles. The maximum Gasteiger partial charge on any atom is 0.237 e. The van der Waals surface area contributed by atoms with Gasteiger partial charge in [0.15, 0.2) is 0 Å². The molecule has 108 valence electrons. The summed E-state index contributed by atoms with van der Waals surface area (Å²) in [5, 5.41) is 13.1. The zero-order chi connectivity index (χ0) is 14.8. The fourth-order valence-corrected chi connectivity index (χ4v) is 2.49. The summed E-state index contributed by atoms with van der Waals surface area (Å²) < 4.78 is 8.36. The molecule has 0 amide bonds. The topological polar surface area (TPSA) is 56.7 Å². The quantitative estimate of drug-likeness (QED) is 0.706. The van der Waals surface area contributed by atoms with Crippen molar-refractivity contribution in [1.29, 1.82) is 0 Å². The number of hydrogen-bond acceptors (Lipinski definition) is 4. The molecule has 1 aromatic carbocycles. The van der Waals surface area contributed by atoms with Crippen molar-refractivity contribution in [2.75, 3.05) is 0 Å². The van der Waals surface area contributed by atoms with Crippen molar-refractivity contribution >= 4 is 27.5 Å². The third kappa shape index (κ3) is 3.51. The van der Waals surface area contributed by atoms with Gasteiger partial charge in [0.25, 0.3) is 0 Å². The Hall–Kier alpha value is -1.66. The van der Waals surface area contributed by atoms with Gasteiger partial charge in [0.1, 0.15) is 6.54 Å². The lowest BCUT2D eigenvalue weighted by molar-refractivity contribution is 0.436. The first-order valence-corrected chi connectivity index (χ1v) is 7.52. The molecule has 2 heterocycles. The molecule has 0 spiro atoms. The monoisotopic (exact) mass is 366 g/mol. The van der Waals surface area contributed by atoms with E-state index in [2.05, 4.69) is 31.2 Å². The van der Waals surface area contributed by atoms with Gasteiger partial charge in [-0.05, 0) is 40.5 Å². The number of nitrogens with zero attached hydrogens (tertiary/aromatic N) is 4. The van der Waals surface area contributed by atoms with E-state index in [0.29, 0.717) is 29.8 Å². The second-order valence-corrected chi connectivity index (χ2v) is 5.95. The van der Waals surface area contributed by atoms with E-state index in [1.165, 1.54) is 0 Å². The minimum Gasteiger partial charge on any atom is -0.423 e. The zero-order valence-corrected chi connectivity index (χ0v) is 13.6. The van der Waals surface area contributed by atoms with Crippen LogP contribution in [0.15, 0.2) is 39.4 Å². The molecule has 0 radical (unpaired) electrons. The van der Waals surface area contributed by atoms with Crippen molar-refractivity contribution in [1.82, 2.24) is 20.0 Å². The van der Waals surface area contributed by atoms with Crippen LogP contribution in [0, 0.1) is 6.92 Å². The molecule has 7 heteroatoms. The van der Waals surface area contributed by atoms with Gasteiger partial charge in [-0.25, -0.2) is 0 Å². The average Bonchev–Trinajstić information content (AvgIpc) is 2.98. The van der Waals surface area contributed by atoms with Crippen LogP contribution >= 0.6 is 27.5 Å². The first kappa shape index (κ1) is 14.3. The van der Waals surface area contributed by atoms with Crippen LogP contribution in [-0.4, -0.2) is 20.0 Å². The Bertz CT molecular complexity index is 748. The van der Waals surface area contributed by atoms with Crippen molar-refractivity contribution in [2.45, 2.75) is 19.9 Å². The number of aryl methyl sites for hydroxylation is 1. The standard InChI is InChI=1S/C14H12BrClN4O/c1-9-12(15)7-20(19-9)8-14-18-17-13(21-14)6-10-3-2-4-11(16)5-10/h2-5,7H,6,8H2,1H3. The molecule has 3 aromatic rings. The average molecular weight is 368 g/mol. The summed E-state index contributed by atoms with van der Waals surface area (Å²) in [5.74, 6) is 1.09. The minimum absolute atomic E-state index is 0.453. The highest BCUT2D eigenvalue weighted by atomic mass is 79.9. The van der Waals surface area contributed by atoms with Crippen LogP contribution in [0.25, 0.3) is 0 Å². The SMILES string of the molecule is Cc1nn(Cc2nnc(Cc3cccc(Cl)c3)o2)cc1Br. The summed E-state index contributed by atoms with van der Waals surface area (Å²) in [6.45, 7) is 2.38. The van der Waals surface area contributed by atoms with Gasteiger partial charge >= 0.3 is 0 Å². The molecule has 0 saturated heterocycles. The zero-order valence-electron chi connectivity index (χ0n) is 11.3. The van der Waals surface area contributed by atoms with E-state index in [1.807, 2.05) is 37.4 Å². The number of hydrogen-bond donors (Lipinski definition) is 0. The van der Waals surface area contributed by atoms with E-state index in [0.717, 1.165) is 15.7 Å². The Balaban J connectivity index is 1.71. The van der Waals surface area contributed by atoms with Crippen LogP contribution in [0.5, 0.6) is 0 Å². The summed E-state index contributed by atoms with van der Waals surface area (Å²) in [5.41, 5.74) is 1.96. The minimum atomic E-state index is 0.453. The maximum atomic E-state index is 5.96. The van der Waals surface area contributed by atoms with E-state index in [9.17, 15) is 0 Å². The Labute approximate surface area is 135 Å². The van der Waals surface area contributed by atoms with Crippen LogP contribution in [-0.2, 0) is 13.0 Å². The highest BCUT2D eigenvalue weighted by Crippen LogP contribution is 2.16. The lowest BCUT2D eigenvalue weighted by Gasteiger charge is -1.97. The molecule has 0 aliphatic rings. The molecular formula is C14H12BrClN4O. The predicted octanol–water partition coefficient (Wildman–Crippen LogP) is 3.63. The molecule has 0 aliphatic carbocycles. The Morgan fingerprint density at radius 2 is 2.10 bits per heavy atom. The summed E-state index contributed by atoms with van der Waals surface area (Å²) in [6, 6.07) is 7.60. The lowest BCUT2D eigenvalue weighted by atomic mass is 10.1. The van der Waals surface area contributed by atoms with Crippen molar-refractivity contribution in [2.24, 2.45) is 0 Å². The third-order valence-corrected chi connectivity index (χ3v) is 3.95. The third-order valence-electron chi connectivity index (χ3n) is 2.94. The highest BCUT2D eigenvalue weighted by Gasteiger charge is 2.09. The largest absolute Gasteiger partial charge is 0.423 e. The van der Waals surface area contributed by atoms with Crippen molar-refractivity contribution in [3.63, 3.8) is 0 Å². The molecule has 3 rings (SSSR count). The predicted molar refractivity (Wildman–Crippen MR) is 82.3 cm³/mol. The van der Waals surface area contributed by atoms with Gasteiger partial charge < -0.3 is 4.42 Å². The van der Waals surface area contributed by atoms with E-state index >= 15 is 0 Å². The molecule has 21 heavy (non-hydrogen) atoms. The molecule has 0 N–H and O–H groups in total. The number of aromatic nitrogens is 4. The summed E-state index contributed by atoms with van der Waals surface area (Å²) in [7, 11) is 0. The van der Waals surface area contributed by atoms with Crippen LogP contribution < -0.4 is 0 Å². The van der Waals surface area contributed by atoms with Gasteiger partial charge in [-0.2, -0.15) is 5.10 Å². The van der Waals surface area contributed by atoms with Gasteiger partial charge in [0.05, 0.1) is 16.6 Å². The maximum absolute atomic E-state index is 5.96. The second-order valence-electron chi connectivity index (χ2n) is 4.66. The molecule has 0 saturated carbocycles. The first-order chi connectivity index (χ1) is 10.1. The molecule has 2 aromatic heterocycles. The summed E-state index contributed by atoms with van der Waals surface area (Å²) in [4.78, 5) is 0. The van der Waals surface area contributed by atoms with Gasteiger partial charge in [-0.3, -0.25) is 4.68 Å². The first-order valence-electron chi connectivity index (χ1n) is 6.35. The van der Waals surface area contributed by atoms with Crippen LogP contribution in [0.3, 0.4) is 0 Å². The second kappa shape index (κ2) is 5.99. The van der Waals surface area contributed by atoms with E-state index in [-0.39, 0.29) is 0 Å². The van der Waals surface area contributed by atoms with Gasteiger partial charge in [-0.1, -0.05) is 23.7 Å². The van der Waals surface area contributed by atoms with Crippen LogP contribution in [0.4, 0.5) is 0 Å². The summed E-state index contributed by atoms with van der Waals surface area (Å²) in [6.07, 6.45) is 2.45. The summed E-state index contributed by atoms with van der Waals surface area (Å²) >= 11 is 9.38. The number of halogens is 2. The van der Waals surface area contributed by atoms with Gasteiger partial charge in [0.2, 0.25) is 11.8 Å². The fraction of sp³-hybridized carbons (Fsp3) is 0.214. The molecular weight excluding hydrogens is 356 g/mol. The molecule has 0 bridgehead atoms. The molecule has 0 fully saturated rings. The molecule has 0 atom stereocenters. The van der Waals surface area contributed by atoms with Crippen molar-refractivity contribution in [3.05, 3.63) is 63.0 Å². The Morgan fingerprint density at radius 1 is 1.29 bits per heavy atom. The van der Waals surface area contributed by atoms with Gasteiger partial charge in [-0.15, -0.1) is 10.2 Å². The number of rotatable bonds is 4.